The number of aromatic nitrogens is 1. The summed E-state index contributed by atoms with van der Waals surface area (Å²) in [6.07, 6.45) is 0. The lowest BCUT2D eigenvalue weighted by Gasteiger charge is -2.29. The summed E-state index contributed by atoms with van der Waals surface area (Å²) >= 11 is 0. The van der Waals surface area contributed by atoms with Crippen molar-refractivity contribution in [3.05, 3.63) is 65.0 Å². The predicted octanol–water partition coefficient (Wildman–Crippen LogP) is 2.15. The Bertz CT molecular complexity index is 850. The van der Waals surface area contributed by atoms with Crippen LogP contribution in [0.3, 0.4) is 0 Å². The van der Waals surface area contributed by atoms with Gasteiger partial charge in [0.05, 0.1) is 17.9 Å². The quantitative estimate of drug-likeness (QED) is 0.465. The summed E-state index contributed by atoms with van der Waals surface area (Å²) in [5.41, 5.74) is 1.64. The molecule has 1 unspecified atom stereocenters. The molecule has 7 nitrogen and oxygen atoms in total. The van der Waals surface area contributed by atoms with Crippen molar-refractivity contribution in [2.75, 3.05) is 6.61 Å². The molecule has 0 radical (unpaired) electrons. The van der Waals surface area contributed by atoms with Crippen LogP contribution in [0.4, 0.5) is 0 Å². The molecule has 7 heteroatoms. The summed E-state index contributed by atoms with van der Waals surface area (Å²) in [5, 5.41) is 0.633. The molecule has 0 bridgehead atoms. The van der Waals surface area contributed by atoms with Gasteiger partial charge in [-0.25, -0.2) is 0 Å². The molecular weight excluding hydrogens is 336 g/mol. The van der Waals surface area contributed by atoms with E-state index in [0.717, 1.165) is 5.56 Å². The highest BCUT2D eigenvalue weighted by molar-refractivity contribution is 6.16. The number of fused-ring (bicyclic) bond motifs is 1. The SMILES string of the molecule is CCOC(=O)C1C(=O)N(OCc2ccccc2)C(=O)c2ccc(C)nc21. The molecule has 0 spiro atoms. The zero-order chi connectivity index (χ0) is 18.7. The predicted molar refractivity (Wildman–Crippen MR) is 90.8 cm³/mol. The average molecular weight is 354 g/mol. The van der Waals surface area contributed by atoms with Crippen molar-refractivity contribution in [1.29, 1.82) is 0 Å². The largest absolute Gasteiger partial charge is 0.465 e. The number of amides is 2. The van der Waals surface area contributed by atoms with Crippen LogP contribution in [0.1, 0.15) is 40.2 Å². The van der Waals surface area contributed by atoms with E-state index in [1.54, 1.807) is 32.0 Å². The minimum Gasteiger partial charge on any atom is -0.465 e. The zero-order valence-electron chi connectivity index (χ0n) is 14.5. The fraction of sp³-hybridized carbons (Fsp3) is 0.263. The van der Waals surface area contributed by atoms with E-state index in [-0.39, 0.29) is 24.5 Å². The second kappa shape index (κ2) is 7.45. The Morgan fingerprint density at radius 1 is 1.15 bits per heavy atom. The fourth-order valence-electron chi connectivity index (χ4n) is 2.70. The maximum atomic E-state index is 12.8. The van der Waals surface area contributed by atoms with Crippen LogP contribution in [-0.2, 0) is 25.8 Å². The normalized spacial score (nSPS) is 16.4. The molecule has 1 aromatic heterocycles. The topological polar surface area (TPSA) is 85.8 Å². The van der Waals surface area contributed by atoms with Gasteiger partial charge in [0.15, 0.2) is 5.92 Å². The minimum atomic E-state index is -1.32. The number of carbonyl (C=O) groups is 3. The summed E-state index contributed by atoms with van der Waals surface area (Å²) in [6.45, 7) is 3.49. The zero-order valence-corrected chi connectivity index (χ0v) is 14.5. The Morgan fingerprint density at radius 3 is 2.58 bits per heavy atom. The van der Waals surface area contributed by atoms with Gasteiger partial charge in [-0.15, -0.1) is 5.06 Å². The fourth-order valence-corrected chi connectivity index (χ4v) is 2.70. The van der Waals surface area contributed by atoms with E-state index in [1.165, 1.54) is 6.07 Å². The lowest BCUT2D eigenvalue weighted by atomic mass is 9.94. The van der Waals surface area contributed by atoms with E-state index in [1.807, 2.05) is 18.2 Å². The molecule has 0 saturated carbocycles. The lowest BCUT2D eigenvalue weighted by Crippen LogP contribution is -2.47. The van der Waals surface area contributed by atoms with E-state index >= 15 is 0 Å². The van der Waals surface area contributed by atoms with Gasteiger partial charge < -0.3 is 4.74 Å². The van der Waals surface area contributed by atoms with Gasteiger partial charge in [-0.1, -0.05) is 30.3 Å². The second-order valence-electron chi connectivity index (χ2n) is 5.77. The molecule has 1 aliphatic heterocycles. The number of esters is 1. The van der Waals surface area contributed by atoms with Crippen molar-refractivity contribution in [3.63, 3.8) is 0 Å². The Morgan fingerprint density at radius 2 is 1.88 bits per heavy atom. The number of ether oxygens (including phenoxy) is 1. The van der Waals surface area contributed by atoms with Gasteiger partial charge in [0.1, 0.15) is 6.61 Å². The van der Waals surface area contributed by atoms with Crippen molar-refractivity contribution in [2.45, 2.75) is 26.4 Å². The van der Waals surface area contributed by atoms with Crippen molar-refractivity contribution >= 4 is 17.8 Å². The molecule has 3 rings (SSSR count). The standard InChI is InChI=1S/C19H18N2O5/c1-3-25-19(24)15-16-14(10-9-12(2)20-16)17(22)21(18(15)23)26-11-13-7-5-4-6-8-13/h4-10,15H,3,11H2,1-2H3. The molecule has 26 heavy (non-hydrogen) atoms. The smallest absolute Gasteiger partial charge is 0.324 e. The highest BCUT2D eigenvalue weighted by Gasteiger charge is 2.46. The Kier molecular flexibility index (Phi) is 5.09. The first-order valence-corrected chi connectivity index (χ1v) is 8.22. The number of hydroxylamine groups is 2. The average Bonchev–Trinajstić information content (AvgIpc) is 2.62. The number of hydrogen-bond donors (Lipinski definition) is 0. The van der Waals surface area contributed by atoms with Crippen LogP contribution in [0.15, 0.2) is 42.5 Å². The molecule has 1 aliphatic rings. The van der Waals surface area contributed by atoms with Crippen LogP contribution in [0, 0.1) is 6.92 Å². The van der Waals surface area contributed by atoms with Crippen molar-refractivity contribution < 1.29 is 24.0 Å². The third-order valence-electron chi connectivity index (χ3n) is 3.92. The van der Waals surface area contributed by atoms with Gasteiger partial charge in [0.2, 0.25) is 0 Å². The van der Waals surface area contributed by atoms with E-state index in [4.69, 9.17) is 9.57 Å². The number of aryl methyl sites for hydroxylation is 1. The maximum Gasteiger partial charge on any atom is 0.324 e. The Hall–Kier alpha value is -3.06. The third kappa shape index (κ3) is 3.34. The molecule has 0 N–H and O–H groups in total. The molecule has 0 fully saturated rings. The second-order valence-corrected chi connectivity index (χ2v) is 5.77. The summed E-state index contributed by atoms with van der Waals surface area (Å²) in [7, 11) is 0. The maximum absolute atomic E-state index is 12.8. The molecule has 2 amide bonds. The number of pyridine rings is 1. The highest BCUT2D eigenvalue weighted by atomic mass is 16.7. The summed E-state index contributed by atoms with van der Waals surface area (Å²) < 4.78 is 5.00. The molecule has 0 saturated heterocycles. The number of benzene rings is 1. The summed E-state index contributed by atoms with van der Waals surface area (Å²) in [4.78, 5) is 47.5. The third-order valence-corrected chi connectivity index (χ3v) is 3.92. The van der Waals surface area contributed by atoms with Crippen LogP contribution in [0.25, 0.3) is 0 Å². The first kappa shape index (κ1) is 17.8. The minimum absolute atomic E-state index is 0.0164. The summed E-state index contributed by atoms with van der Waals surface area (Å²) in [5.74, 6) is -3.51. The van der Waals surface area contributed by atoms with E-state index in [0.29, 0.717) is 10.8 Å². The first-order chi connectivity index (χ1) is 12.5. The van der Waals surface area contributed by atoms with Crippen LogP contribution in [0.5, 0.6) is 0 Å². The number of imide groups is 1. The molecule has 0 aliphatic carbocycles. The van der Waals surface area contributed by atoms with Gasteiger partial charge in [-0.3, -0.25) is 24.2 Å². The Labute approximate surface area is 150 Å². The number of rotatable bonds is 5. The molecule has 134 valence electrons. The number of hydrogen-bond acceptors (Lipinski definition) is 6. The van der Waals surface area contributed by atoms with Gasteiger partial charge >= 0.3 is 5.97 Å². The molecule has 1 atom stereocenters. The highest BCUT2D eigenvalue weighted by Crippen LogP contribution is 2.30. The molecule has 2 aromatic rings. The van der Waals surface area contributed by atoms with Crippen LogP contribution in [-0.4, -0.2) is 34.4 Å². The van der Waals surface area contributed by atoms with Gasteiger partial charge in [-0.05, 0) is 31.5 Å². The molecule has 1 aromatic carbocycles. The van der Waals surface area contributed by atoms with E-state index in [2.05, 4.69) is 4.98 Å². The Balaban J connectivity index is 1.94. The van der Waals surface area contributed by atoms with Crippen LogP contribution in [0.2, 0.25) is 0 Å². The van der Waals surface area contributed by atoms with Crippen molar-refractivity contribution in [3.8, 4) is 0 Å². The van der Waals surface area contributed by atoms with Gasteiger partial charge in [-0.2, -0.15) is 0 Å². The van der Waals surface area contributed by atoms with Crippen LogP contribution >= 0.6 is 0 Å². The van der Waals surface area contributed by atoms with Crippen molar-refractivity contribution in [1.82, 2.24) is 10.0 Å². The van der Waals surface area contributed by atoms with Crippen molar-refractivity contribution in [2.24, 2.45) is 0 Å². The van der Waals surface area contributed by atoms with Gasteiger partial charge in [0, 0.05) is 5.69 Å². The van der Waals surface area contributed by atoms with Crippen LogP contribution < -0.4 is 0 Å². The lowest BCUT2D eigenvalue weighted by molar-refractivity contribution is -0.180. The monoisotopic (exact) mass is 354 g/mol. The molecule has 2 heterocycles. The molecular formula is C19H18N2O5. The van der Waals surface area contributed by atoms with E-state index in [9.17, 15) is 14.4 Å². The van der Waals surface area contributed by atoms with E-state index < -0.39 is 23.7 Å². The number of carbonyl (C=O) groups excluding carboxylic acids is 3. The number of nitrogens with zero attached hydrogens (tertiary/aromatic N) is 2. The van der Waals surface area contributed by atoms with Gasteiger partial charge in [0.25, 0.3) is 11.8 Å². The summed E-state index contributed by atoms with van der Waals surface area (Å²) in [6, 6.07) is 12.3. The first-order valence-electron chi connectivity index (χ1n) is 8.22.